The van der Waals surface area contributed by atoms with Gasteiger partial charge < -0.3 is 0 Å². The Morgan fingerprint density at radius 2 is 2.25 bits per heavy atom. The Morgan fingerprint density at radius 1 is 1.50 bits per heavy atom. The molecule has 0 fully saturated rings. The van der Waals surface area contributed by atoms with Crippen molar-refractivity contribution in [2.75, 3.05) is 0 Å². The van der Waals surface area contributed by atoms with Crippen LogP contribution in [0.5, 0.6) is 0 Å². The zero-order valence-corrected chi connectivity index (χ0v) is 12.2. The summed E-state index contributed by atoms with van der Waals surface area (Å²) < 4.78 is 41.4. The third-order valence-corrected chi connectivity index (χ3v) is 4.45. The van der Waals surface area contributed by atoms with Crippen LogP contribution in [0.3, 0.4) is 0 Å². The lowest BCUT2D eigenvalue weighted by Crippen LogP contribution is -2.35. The molecule has 1 atom stereocenters. The molecule has 0 aliphatic rings. The average Bonchev–Trinajstić information content (AvgIpc) is 2.84. The summed E-state index contributed by atoms with van der Waals surface area (Å²) in [5.41, 5.74) is 0. The third kappa shape index (κ3) is 3.56. The van der Waals surface area contributed by atoms with Crippen molar-refractivity contribution in [3.05, 3.63) is 47.5 Å². The molecule has 0 bridgehead atoms. The first-order chi connectivity index (χ1) is 9.38. The van der Waals surface area contributed by atoms with Crippen LogP contribution in [0.25, 0.3) is 0 Å². The van der Waals surface area contributed by atoms with Gasteiger partial charge in [-0.15, -0.1) is 0 Å². The maximum absolute atomic E-state index is 13.0. The largest absolute Gasteiger partial charge is 0.271 e. The molecular weight excluding hydrogens is 305 g/mol. The van der Waals surface area contributed by atoms with Gasteiger partial charge in [0.15, 0.2) is 0 Å². The topological polar surface area (TPSA) is 64.0 Å². The van der Waals surface area contributed by atoms with Crippen LogP contribution in [0.2, 0.25) is 5.02 Å². The molecule has 1 unspecified atom stereocenters. The predicted molar refractivity (Wildman–Crippen MR) is 73.4 cm³/mol. The molecule has 1 aromatic heterocycles. The van der Waals surface area contributed by atoms with E-state index < -0.39 is 15.8 Å². The molecular formula is C12H13ClFN3O2S. The molecule has 2 aromatic rings. The fraction of sp³-hybridized carbons (Fsp3) is 0.250. The maximum Gasteiger partial charge on any atom is 0.240 e. The van der Waals surface area contributed by atoms with Crippen LogP contribution in [0.15, 0.2) is 41.6 Å². The number of halogens is 2. The van der Waals surface area contributed by atoms with E-state index in [9.17, 15) is 12.8 Å². The van der Waals surface area contributed by atoms with Gasteiger partial charge in [0.05, 0.1) is 16.5 Å². The van der Waals surface area contributed by atoms with E-state index in [-0.39, 0.29) is 16.0 Å². The van der Waals surface area contributed by atoms with Crippen molar-refractivity contribution in [2.45, 2.75) is 24.4 Å². The summed E-state index contributed by atoms with van der Waals surface area (Å²) in [6, 6.07) is 4.66. The smallest absolute Gasteiger partial charge is 0.240 e. The lowest BCUT2D eigenvalue weighted by molar-refractivity contribution is 0.494. The SMILES string of the molecule is CC(Cn1cccn1)NS(=O)(=O)c1ccc(F)c(Cl)c1. The summed E-state index contributed by atoms with van der Waals surface area (Å²) in [6.07, 6.45) is 3.35. The van der Waals surface area contributed by atoms with Crippen LogP contribution in [-0.4, -0.2) is 24.2 Å². The highest BCUT2D eigenvalue weighted by Gasteiger charge is 2.19. The molecule has 1 N–H and O–H groups in total. The molecule has 5 nitrogen and oxygen atoms in total. The van der Waals surface area contributed by atoms with Gasteiger partial charge in [0.2, 0.25) is 10.0 Å². The molecule has 0 radical (unpaired) electrons. The third-order valence-electron chi connectivity index (χ3n) is 2.58. The van der Waals surface area contributed by atoms with Crippen LogP contribution in [0.4, 0.5) is 4.39 Å². The highest BCUT2D eigenvalue weighted by molar-refractivity contribution is 7.89. The van der Waals surface area contributed by atoms with Crippen molar-refractivity contribution in [2.24, 2.45) is 0 Å². The van der Waals surface area contributed by atoms with Crippen LogP contribution in [-0.2, 0) is 16.6 Å². The van der Waals surface area contributed by atoms with Crippen molar-refractivity contribution in [3.63, 3.8) is 0 Å². The van der Waals surface area contributed by atoms with E-state index in [0.29, 0.717) is 6.54 Å². The average molecular weight is 318 g/mol. The van der Waals surface area contributed by atoms with Crippen LogP contribution in [0, 0.1) is 5.82 Å². The number of nitrogens with zero attached hydrogens (tertiary/aromatic N) is 2. The molecule has 0 spiro atoms. The Morgan fingerprint density at radius 3 is 2.85 bits per heavy atom. The molecule has 20 heavy (non-hydrogen) atoms. The van der Waals surface area contributed by atoms with Gasteiger partial charge >= 0.3 is 0 Å². The summed E-state index contributed by atoms with van der Waals surface area (Å²) in [7, 11) is -3.74. The number of aromatic nitrogens is 2. The van der Waals surface area contributed by atoms with Gasteiger partial charge in [-0.1, -0.05) is 11.6 Å². The van der Waals surface area contributed by atoms with Crippen molar-refractivity contribution in [3.8, 4) is 0 Å². The number of sulfonamides is 1. The number of benzene rings is 1. The Kier molecular flexibility index (Phi) is 4.42. The first-order valence-electron chi connectivity index (χ1n) is 5.83. The molecule has 0 aliphatic carbocycles. The highest BCUT2D eigenvalue weighted by atomic mass is 35.5. The minimum atomic E-state index is -3.74. The van der Waals surface area contributed by atoms with Crippen LogP contribution in [0.1, 0.15) is 6.92 Å². The number of rotatable bonds is 5. The Labute approximate surface area is 121 Å². The van der Waals surface area contributed by atoms with E-state index in [0.717, 1.165) is 12.1 Å². The maximum atomic E-state index is 13.0. The van der Waals surface area contributed by atoms with E-state index in [1.807, 2.05) is 0 Å². The number of hydrogen-bond acceptors (Lipinski definition) is 3. The van der Waals surface area contributed by atoms with Crippen LogP contribution < -0.4 is 4.72 Å². The summed E-state index contributed by atoms with van der Waals surface area (Å²) in [4.78, 5) is -0.0729. The van der Waals surface area contributed by atoms with Gasteiger partial charge in [0.1, 0.15) is 5.82 Å². The zero-order chi connectivity index (χ0) is 14.8. The molecule has 8 heteroatoms. The molecule has 2 rings (SSSR count). The second-order valence-corrected chi connectivity index (χ2v) is 6.45. The lowest BCUT2D eigenvalue weighted by Gasteiger charge is -2.14. The molecule has 1 heterocycles. The minimum Gasteiger partial charge on any atom is -0.271 e. The fourth-order valence-electron chi connectivity index (χ4n) is 1.70. The predicted octanol–water partition coefficient (Wildman–Crippen LogP) is 2.04. The van der Waals surface area contributed by atoms with Gasteiger partial charge in [-0.25, -0.2) is 17.5 Å². The van der Waals surface area contributed by atoms with E-state index >= 15 is 0 Å². The zero-order valence-electron chi connectivity index (χ0n) is 10.6. The van der Waals surface area contributed by atoms with Gasteiger partial charge in [-0.3, -0.25) is 4.68 Å². The van der Waals surface area contributed by atoms with Gasteiger partial charge in [0, 0.05) is 18.4 Å². The Hall–Kier alpha value is -1.44. The quantitative estimate of drug-likeness (QED) is 0.918. The van der Waals surface area contributed by atoms with E-state index in [2.05, 4.69) is 9.82 Å². The number of nitrogens with one attached hydrogen (secondary N) is 1. The summed E-state index contributed by atoms with van der Waals surface area (Å²) >= 11 is 5.59. The van der Waals surface area contributed by atoms with Crippen molar-refractivity contribution < 1.29 is 12.8 Å². The number of hydrogen-bond donors (Lipinski definition) is 1. The van der Waals surface area contributed by atoms with Gasteiger partial charge in [-0.05, 0) is 31.2 Å². The van der Waals surface area contributed by atoms with E-state index in [4.69, 9.17) is 11.6 Å². The van der Waals surface area contributed by atoms with Crippen LogP contribution >= 0.6 is 11.6 Å². The Balaban J connectivity index is 2.12. The Bertz CT molecular complexity index is 689. The fourth-order valence-corrected chi connectivity index (χ4v) is 3.21. The van der Waals surface area contributed by atoms with E-state index in [1.165, 1.54) is 6.07 Å². The highest BCUT2D eigenvalue weighted by Crippen LogP contribution is 2.19. The molecule has 0 aliphatic heterocycles. The summed E-state index contributed by atoms with van der Waals surface area (Å²) in [5.74, 6) is -0.657. The van der Waals surface area contributed by atoms with E-state index in [1.54, 1.807) is 30.1 Å². The molecule has 1 aromatic carbocycles. The van der Waals surface area contributed by atoms with Crippen molar-refractivity contribution in [1.82, 2.24) is 14.5 Å². The molecule has 0 saturated carbocycles. The first-order valence-corrected chi connectivity index (χ1v) is 7.69. The first kappa shape index (κ1) is 15.0. The summed E-state index contributed by atoms with van der Waals surface area (Å²) in [6.45, 7) is 2.10. The monoisotopic (exact) mass is 317 g/mol. The van der Waals surface area contributed by atoms with Gasteiger partial charge in [0.25, 0.3) is 0 Å². The normalized spacial score (nSPS) is 13.3. The second kappa shape index (κ2) is 5.90. The molecule has 108 valence electrons. The lowest BCUT2D eigenvalue weighted by atomic mass is 10.3. The van der Waals surface area contributed by atoms with Gasteiger partial charge in [-0.2, -0.15) is 5.10 Å². The van der Waals surface area contributed by atoms with Crippen molar-refractivity contribution >= 4 is 21.6 Å². The summed E-state index contributed by atoms with van der Waals surface area (Å²) in [5, 5.41) is 3.77. The van der Waals surface area contributed by atoms with Crippen molar-refractivity contribution in [1.29, 1.82) is 0 Å². The molecule has 0 amide bonds. The second-order valence-electron chi connectivity index (χ2n) is 4.33. The minimum absolute atomic E-state index is 0.0729. The molecule has 0 saturated heterocycles. The standard InChI is InChI=1S/C12H13ClFN3O2S/c1-9(8-17-6-2-5-15-17)16-20(18,19)10-3-4-12(14)11(13)7-10/h2-7,9,16H,8H2,1H3.